The summed E-state index contributed by atoms with van der Waals surface area (Å²) in [6, 6.07) is 1.81. The van der Waals surface area contributed by atoms with Gasteiger partial charge in [-0.1, -0.05) is 0 Å². The van der Waals surface area contributed by atoms with Gasteiger partial charge in [0, 0.05) is 37.3 Å². The summed E-state index contributed by atoms with van der Waals surface area (Å²) in [6.07, 6.45) is 0. The first kappa shape index (κ1) is 24.4. The summed E-state index contributed by atoms with van der Waals surface area (Å²) in [7, 11) is 0. The molecule has 2 aromatic rings. The molecule has 10 nitrogen and oxygen atoms in total. The van der Waals surface area contributed by atoms with E-state index in [2.05, 4.69) is 0 Å². The molecule has 0 aliphatic rings. The molecule has 32 heavy (non-hydrogen) atoms. The van der Waals surface area contributed by atoms with Gasteiger partial charge < -0.3 is 40.4 Å². The van der Waals surface area contributed by atoms with Crippen LogP contribution in [0.4, 0.5) is 0 Å². The molecule has 2 amide bonds. The van der Waals surface area contributed by atoms with Crippen LogP contribution in [0.15, 0.2) is 12.1 Å². The molecule has 0 spiro atoms. The van der Waals surface area contributed by atoms with Crippen LogP contribution in [-0.4, -0.2) is 78.4 Å². The maximum Gasteiger partial charge on any atom is 0.254 e. The molecular weight excluding hydrogens is 420 g/mol. The van der Waals surface area contributed by atoms with Crippen LogP contribution in [0.2, 0.25) is 0 Å². The van der Waals surface area contributed by atoms with Gasteiger partial charge >= 0.3 is 0 Å². The van der Waals surface area contributed by atoms with Crippen LogP contribution in [-0.2, 0) is 0 Å². The van der Waals surface area contributed by atoms with Crippen molar-refractivity contribution in [3.63, 3.8) is 0 Å². The van der Waals surface area contributed by atoms with Gasteiger partial charge in [-0.3, -0.25) is 9.59 Å². The summed E-state index contributed by atoms with van der Waals surface area (Å²) in [5.41, 5.74) is -1.59. The van der Waals surface area contributed by atoms with Gasteiger partial charge in [-0.2, -0.15) is 0 Å². The maximum atomic E-state index is 13.1. The van der Waals surface area contributed by atoms with Crippen molar-refractivity contribution in [1.29, 1.82) is 0 Å². The Morgan fingerprint density at radius 3 is 1.12 bits per heavy atom. The van der Waals surface area contributed by atoms with E-state index in [-0.39, 0.29) is 37.3 Å². The molecule has 0 saturated heterocycles. The number of nitrogens with zero attached hydrogens (tertiary/aromatic N) is 2. The first-order chi connectivity index (χ1) is 15.0. The van der Waals surface area contributed by atoms with Gasteiger partial charge in [0.1, 0.15) is 0 Å². The number of hydrogen-bond acceptors (Lipinski definition) is 8. The SMILES string of the molecule is CCN(CC)C(=O)c1cc(O)c(O)c(O)c1-c1c(C(=O)N(CC)CC)cc(O)c(O)c1O. The van der Waals surface area contributed by atoms with E-state index >= 15 is 0 Å². The number of rotatable bonds is 7. The van der Waals surface area contributed by atoms with E-state index in [1.807, 2.05) is 0 Å². The Morgan fingerprint density at radius 1 is 0.594 bits per heavy atom. The fourth-order valence-corrected chi connectivity index (χ4v) is 3.49. The summed E-state index contributed by atoms with van der Waals surface area (Å²) in [4.78, 5) is 29.0. The number of benzene rings is 2. The van der Waals surface area contributed by atoms with Crippen LogP contribution < -0.4 is 0 Å². The van der Waals surface area contributed by atoms with E-state index < -0.39 is 57.4 Å². The molecule has 0 atom stereocenters. The lowest BCUT2D eigenvalue weighted by molar-refractivity contribution is 0.0762. The molecule has 6 N–H and O–H groups in total. The van der Waals surface area contributed by atoms with Gasteiger partial charge in [-0.25, -0.2) is 0 Å². The molecule has 174 valence electrons. The third-order valence-corrected chi connectivity index (χ3v) is 5.32. The minimum absolute atomic E-state index is 0.273. The Hall–Kier alpha value is -3.82. The molecule has 10 heteroatoms. The molecule has 0 aromatic heterocycles. The van der Waals surface area contributed by atoms with Crippen molar-refractivity contribution in [3.05, 3.63) is 23.3 Å². The summed E-state index contributed by atoms with van der Waals surface area (Å²) >= 11 is 0. The topological polar surface area (TPSA) is 162 Å². The van der Waals surface area contributed by atoms with Crippen LogP contribution in [0.1, 0.15) is 48.4 Å². The highest BCUT2D eigenvalue weighted by Gasteiger charge is 2.32. The zero-order valence-electron chi connectivity index (χ0n) is 18.4. The van der Waals surface area contributed by atoms with E-state index in [1.54, 1.807) is 27.7 Å². The highest BCUT2D eigenvalue weighted by atomic mass is 16.3. The highest BCUT2D eigenvalue weighted by molar-refractivity contribution is 6.10. The van der Waals surface area contributed by atoms with Crippen molar-refractivity contribution in [2.75, 3.05) is 26.2 Å². The fraction of sp³-hybridized carbons (Fsp3) is 0.364. The van der Waals surface area contributed by atoms with E-state index in [1.165, 1.54) is 9.80 Å². The van der Waals surface area contributed by atoms with E-state index in [0.29, 0.717) is 0 Å². The van der Waals surface area contributed by atoms with Gasteiger partial charge in [0.2, 0.25) is 11.5 Å². The van der Waals surface area contributed by atoms with E-state index in [0.717, 1.165) is 12.1 Å². The number of carbonyl (C=O) groups excluding carboxylic acids is 2. The van der Waals surface area contributed by atoms with Gasteiger partial charge in [0.25, 0.3) is 11.8 Å². The number of carbonyl (C=O) groups is 2. The van der Waals surface area contributed by atoms with Crippen LogP contribution in [0.25, 0.3) is 11.1 Å². The zero-order chi connectivity index (χ0) is 24.3. The van der Waals surface area contributed by atoms with Crippen LogP contribution in [0.5, 0.6) is 34.5 Å². The van der Waals surface area contributed by atoms with Crippen molar-refractivity contribution in [2.24, 2.45) is 0 Å². The average Bonchev–Trinajstić information content (AvgIpc) is 2.77. The molecule has 0 aliphatic heterocycles. The predicted octanol–water partition coefficient (Wildman–Crippen LogP) is 2.55. The lowest BCUT2D eigenvalue weighted by Gasteiger charge is -2.25. The molecule has 0 unspecified atom stereocenters. The molecule has 0 heterocycles. The second-order valence-corrected chi connectivity index (χ2v) is 6.99. The first-order valence-corrected chi connectivity index (χ1v) is 10.2. The molecule has 0 radical (unpaired) electrons. The minimum atomic E-state index is -0.982. The van der Waals surface area contributed by atoms with Crippen molar-refractivity contribution >= 4 is 11.8 Å². The Balaban J connectivity index is 3.03. The number of hydrogen-bond donors (Lipinski definition) is 6. The molecule has 0 bridgehead atoms. The normalized spacial score (nSPS) is 10.8. The number of amides is 2. The summed E-state index contributed by atoms with van der Waals surface area (Å²) in [6.45, 7) is 7.93. The summed E-state index contributed by atoms with van der Waals surface area (Å²) < 4.78 is 0. The van der Waals surface area contributed by atoms with Crippen molar-refractivity contribution in [3.8, 4) is 45.6 Å². The monoisotopic (exact) mass is 448 g/mol. The lowest BCUT2D eigenvalue weighted by atomic mass is 9.90. The van der Waals surface area contributed by atoms with Crippen LogP contribution in [0.3, 0.4) is 0 Å². The van der Waals surface area contributed by atoms with Gasteiger partial charge in [0.15, 0.2) is 23.0 Å². The van der Waals surface area contributed by atoms with Gasteiger partial charge in [0.05, 0.1) is 11.1 Å². The number of phenolic OH excluding ortho intramolecular Hbond substituents is 6. The molecule has 0 saturated carbocycles. The maximum absolute atomic E-state index is 13.1. The third kappa shape index (κ3) is 4.03. The van der Waals surface area contributed by atoms with Crippen LogP contribution in [0, 0.1) is 0 Å². The average molecular weight is 448 g/mol. The summed E-state index contributed by atoms with van der Waals surface area (Å²) in [5.74, 6) is -6.83. The lowest BCUT2D eigenvalue weighted by Crippen LogP contribution is -2.32. The van der Waals surface area contributed by atoms with E-state index in [9.17, 15) is 40.2 Å². The Labute approximate surface area is 185 Å². The predicted molar refractivity (Wildman–Crippen MR) is 116 cm³/mol. The first-order valence-electron chi connectivity index (χ1n) is 10.2. The van der Waals surface area contributed by atoms with Gasteiger partial charge in [-0.05, 0) is 39.8 Å². The van der Waals surface area contributed by atoms with Crippen molar-refractivity contribution in [1.82, 2.24) is 9.80 Å². The number of phenols is 6. The second-order valence-electron chi connectivity index (χ2n) is 6.99. The smallest absolute Gasteiger partial charge is 0.254 e. The molecule has 0 fully saturated rings. The zero-order valence-corrected chi connectivity index (χ0v) is 18.4. The summed E-state index contributed by atoms with van der Waals surface area (Å²) in [5, 5.41) is 61.7. The van der Waals surface area contributed by atoms with E-state index in [4.69, 9.17) is 0 Å². The van der Waals surface area contributed by atoms with Crippen molar-refractivity contribution < 1.29 is 40.2 Å². The highest BCUT2D eigenvalue weighted by Crippen LogP contribution is 2.52. The van der Waals surface area contributed by atoms with Gasteiger partial charge in [-0.15, -0.1) is 0 Å². The number of aromatic hydroxyl groups is 6. The largest absolute Gasteiger partial charge is 0.504 e. The standard InChI is InChI=1S/C22H28N2O8/c1-5-23(6-2)21(31)11-9-13(25)17(27)19(29)15(11)16-12(22(32)24(7-3)8-4)10-14(26)18(28)20(16)30/h9-10,25-30H,5-8H2,1-4H3. The Morgan fingerprint density at radius 2 is 0.875 bits per heavy atom. The second kappa shape index (κ2) is 9.54. The quantitative estimate of drug-likeness (QED) is 0.352. The molecule has 0 aliphatic carbocycles. The van der Waals surface area contributed by atoms with Crippen LogP contribution >= 0.6 is 0 Å². The molecular formula is C22H28N2O8. The van der Waals surface area contributed by atoms with Crippen molar-refractivity contribution in [2.45, 2.75) is 27.7 Å². The minimum Gasteiger partial charge on any atom is -0.504 e. The fourth-order valence-electron chi connectivity index (χ4n) is 3.49. The molecule has 2 aromatic carbocycles. The Bertz CT molecular complexity index is 960. The molecule has 2 rings (SSSR count). The Kier molecular flexibility index (Phi) is 7.29. The third-order valence-electron chi connectivity index (χ3n) is 5.32.